The van der Waals surface area contributed by atoms with Crippen molar-refractivity contribution in [1.29, 1.82) is 5.26 Å². The Morgan fingerprint density at radius 3 is 2.76 bits per heavy atom. The molecule has 2 aromatic heterocycles. The molecule has 0 saturated heterocycles. The maximum atomic E-state index is 11.9. The van der Waals surface area contributed by atoms with Gasteiger partial charge in [0.15, 0.2) is 5.82 Å². The molecule has 1 aromatic carbocycles. The van der Waals surface area contributed by atoms with Gasteiger partial charge < -0.3 is 16.0 Å². The van der Waals surface area contributed by atoms with E-state index >= 15 is 0 Å². The summed E-state index contributed by atoms with van der Waals surface area (Å²) in [6.45, 7) is 1.91. The number of fused-ring (bicyclic) bond motifs is 1. The first-order chi connectivity index (χ1) is 15.8. The second kappa shape index (κ2) is 10.6. The summed E-state index contributed by atoms with van der Waals surface area (Å²) in [7, 11) is -2.10. The molecule has 1 aliphatic heterocycles. The van der Waals surface area contributed by atoms with Crippen LogP contribution in [0.3, 0.4) is 0 Å². The number of aromatic nitrogens is 4. The Hall–Kier alpha value is -3.53. The molecule has 0 radical (unpaired) electrons. The van der Waals surface area contributed by atoms with E-state index in [0.29, 0.717) is 17.5 Å². The van der Waals surface area contributed by atoms with Crippen molar-refractivity contribution in [3.8, 4) is 6.07 Å². The normalized spacial score (nSPS) is 12.6. The molecule has 0 spiro atoms. The summed E-state index contributed by atoms with van der Waals surface area (Å²) in [5.41, 5.74) is 4.05. The van der Waals surface area contributed by atoms with Gasteiger partial charge in [0.2, 0.25) is 16.0 Å². The van der Waals surface area contributed by atoms with Gasteiger partial charge in [-0.2, -0.15) is 10.2 Å². The number of nitriles is 1. The van der Waals surface area contributed by atoms with Crippen molar-refractivity contribution in [1.82, 2.24) is 25.3 Å². The third-order valence-electron chi connectivity index (χ3n) is 5.23. The third kappa shape index (κ3) is 5.69. The SMILES string of the molecule is CN(c1nccnc1CNc1nc(Nc2ccc3c(c2)CCNC3)ncc1C#N)S(C)(=O)=O.Cl. The first kappa shape index (κ1) is 25.1. The van der Waals surface area contributed by atoms with Gasteiger partial charge in [0.25, 0.3) is 0 Å². The molecule has 3 heterocycles. The number of anilines is 4. The van der Waals surface area contributed by atoms with Crippen LogP contribution in [0.4, 0.5) is 23.3 Å². The van der Waals surface area contributed by atoms with Crippen molar-refractivity contribution >= 4 is 45.7 Å². The number of rotatable bonds is 7. The Balaban J connectivity index is 0.00000324. The zero-order chi connectivity index (χ0) is 23.4. The topological polar surface area (TPSA) is 149 Å². The van der Waals surface area contributed by atoms with Gasteiger partial charge in [-0.3, -0.25) is 9.29 Å². The van der Waals surface area contributed by atoms with Crippen molar-refractivity contribution in [3.05, 3.63) is 59.2 Å². The lowest BCUT2D eigenvalue weighted by molar-refractivity contribution is 0.599. The second-order valence-electron chi connectivity index (χ2n) is 7.51. The number of hydrogen-bond acceptors (Lipinski definition) is 10. The van der Waals surface area contributed by atoms with Crippen LogP contribution in [0.1, 0.15) is 22.4 Å². The molecule has 34 heavy (non-hydrogen) atoms. The van der Waals surface area contributed by atoms with Crippen LogP contribution in [0.25, 0.3) is 0 Å². The van der Waals surface area contributed by atoms with Crippen LogP contribution >= 0.6 is 12.4 Å². The number of nitrogens with zero attached hydrogens (tertiary/aromatic N) is 6. The Bertz CT molecular complexity index is 1330. The van der Waals surface area contributed by atoms with Crippen LogP contribution < -0.4 is 20.3 Å². The summed E-state index contributed by atoms with van der Waals surface area (Å²) in [5, 5.41) is 19.1. The lowest BCUT2D eigenvalue weighted by Gasteiger charge is -2.19. The van der Waals surface area contributed by atoms with E-state index in [9.17, 15) is 13.7 Å². The minimum atomic E-state index is -3.51. The first-order valence-electron chi connectivity index (χ1n) is 10.2. The molecular weight excluding hydrogens is 478 g/mol. The van der Waals surface area contributed by atoms with Crippen molar-refractivity contribution < 1.29 is 8.42 Å². The molecule has 0 amide bonds. The lowest BCUT2D eigenvalue weighted by Crippen LogP contribution is -2.27. The molecule has 0 aliphatic carbocycles. The van der Waals surface area contributed by atoms with E-state index in [1.807, 2.05) is 6.07 Å². The minimum absolute atomic E-state index is 0. The Kier molecular flexibility index (Phi) is 7.83. The average Bonchev–Trinajstić information content (AvgIpc) is 2.82. The predicted molar refractivity (Wildman–Crippen MR) is 132 cm³/mol. The highest BCUT2D eigenvalue weighted by atomic mass is 35.5. The minimum Gasteiger partial charge on any atom is -0.363 e. The van der Waals surface area contributed by atoms with Gasteiger partial charge in [-0.25, -0.2) is 18.4 Å². The molecule has 0 unspecified atom stereocenters. The maximum absolute atomic E-state index is 11.9. The van der Waals surface area contributed by atoms with Crippen LogP contribution in [-0.2, 0) is 29.5 Å². The number of sulfonamides is 1. The van der Waals surface area contributed by atoms with E-state index in [2.05, 4.69) is 54.1 Å². The van der Waals surface area contributed by atoms with Crippen LogP contribution in [0.5, 0.6) is 0 Å². The zero-order valence-corrected chi connectivity index (χ0v) is 20.2. The molecule has 1 aliphatic rings. The largest absolute Gasteiger partial charge is 0.363 e. The van der Waals surface area contributed by atoms with E-state index in [1.165, 1.54) is 36.8 Å². The summed E-state index contributed by atoms with van der Waals surface area (Å²) in [6.07, 6.45) is 6.36. The van der Waals surface area contributed by atoms with Gasteiger partial charge >= 0.3 is 0 Å². The van der Waals surface area contributed by atoms with Gasteiger partial charge in [0, 0.05) is 31.7 Å². The van der Waals surface area contributed by atoms with Crippen molar-refractivity contribution in [2.45, 2.75) is 19.5 Å². The average molecular weight is 502 g/mol. The molecule has 178 valence electrons. The molecule has 0 atom stereocenters. The van der Waals surface area contributed by atoms with Crippen LogP contribution in [0.2, 0.25) is 0 Å². The van der Waals surface area contributed by atoms with E-state index < -0.39 is 10.0 Å². The monoisotopic (exact) mass is 501 g/mol. The lowest BCUT2D eigenvalue weighted by atomic mass is 10.0. The molecule has 0 saturated carbocycles. The van der Waals surface area contributed by atoms with Gasteiger partial charge in [-0.15, -0.1) is 12.4 Å². The van der Waals surface area contributed by atoms with E-state index in [4.69, 9.17) is 0 Å². The smallest absolute Gasteiger partial charge is 0.233 e. The van der Waals surface area contributed by atoms with Gasteiger partial charge in [-0.1, -0.05) is 6.07 Å². The highest BCUT2D eigenvalue weighted by Crippen LogP contribution is 2.23. The van der Waals surface area contributed by atoms with Crippen molar-refractivity contribution in [2.24, 2.45) is 0 Å². The Morgan fingerprint density at radius 2 is 2.00 bits per heavy atom. The Morgan fingerprint density at radius 1 is 1.21 bits per heavy atom. The summed E-state index contributed by atoms with van der Waals surface area (Å²) >= 11 is 0. The van der Waals surface area contributed by atoms with Crippen molar-refractivity contribution in [3.63, 3.8) is 0 Å². The summed E-state index contributed by atoms with van der Waals surface area (Å²) in [6, 6.07) is 8.18. The first-order valence-corrected chi connectivity index (χ1v) is 12.0. The molecular formula is C21H24ClN9O2S. The molecule has 11 nitrogen and oxygen atoms in total. The fraction of sp³-hybridized carbons (Fsp3) is 0.286. The van der Waals surface area contributed by atoms with Crippen LogP contribution in [0, 0.1) is 11.3 Å². The fourth-order valence-corrected chi connectivity index (χ4v) is 3.88. The van der Waals surface area contributed by atoms with Crippen LogP contribution in [0.15, 0.2) is 36.8 Å². The summed E-state index contributed by atoms with van der Waals surface area (Å²) in [5.74, 6) is 0.829. The maximum Gasteiger partial charge on any atom is 0.233 e. The fourth-order valence-electron chi connectivity index (χ4n) is 3.41. The number of benzene rings is 1. The number of halogens is 1. The zero-order valence-electron chi connectivity index (χ0n) is 18.6. The summed E-state index contributed by atoms with van der Waals surface area (Å²) < 4.78 is 24.9. The van der Waals surface area contributed by atoms with Crippen molar-refractivity contribution in [2.75, 3.05) is 34.8 Å². The molecule has 0 fully saturated rings. The third-order valence-corrected chi connectivity index (χ3v) is 6.40. The van der Waals surface area contributed by atoms with Gasteiger partial charge in [0.1, 0.15) is 23.1 Å². The second-order valence-corrected chi connectivity index (χ2v) is 9.53. The quantitative estimate of drug-likeness (QED) is 0.438. The molecule has 13 heteroatoms. The highest BCUT2D eigenvalue weighted by molar-refractivity contribution is 7.92. The Labute approximate surface area is 204 Å². The number of nitrogens with one attached hydrogen (secondary N) is 3. The highest BCUT2D eigenvalue weighted by Gasteiger charge is 2.18. The van der Waals surface area contributed by atoms with Gasteiger partial charge in [-0.05, 0) is 36.2 Å². The van der Waals surface area contributed by atoms with E-state index in [-0.39, 0.29) is 30.3 Å². The standard InChI is InChI=1S/C21H23N9O2S.ClH/c1-30(33(2,31)32)20-18(24-7-8-25-20)13-26-19-16(10-22)12-27-21(29-19)28-17-4-3-15-11-23-6-5-14(15)9-17;/h3-4,7-9,12,23H,5-6,11,13H2,1-2H3,(H2,26,27,28,29);1H. The van der Waals surface area contributed by atoms with E-state index in [0.717, 1.165) is 35.8 Å². The molecule has 0 bridgehead atoms. The van der Waals surface area contributed by atoms with E-state index in [1.54, 1.807) is 0 Å². The number of hydrogen-bond donors (Lipinski definition) is 3. The molecule has 4 rings (SSSR count). The molecule has 3 aromatic rings. The predicted octanol–water partition coefficient (Wildman–Crippen LogP) is 1.96. The molecule has 3 N–H and O–H groups in total. The van der Waals surface area contributed by atoms with Gasteiger partial charge in [0.05, 0.1) is 19.0 Å². The van der Waals surface area contributed by atoms with Crippen LogP contribution in [-0.4, -0.2) is 48.2 Å². The summed E-state index contributed by atoms with van der Waals surface area (Å²) in [4.78, 5) is 17.1.